The molecule has 0 radical (unpaired) electrons. The number of nitrogens with one attached hydrogen (secondary N) is 1. The van der Waals surface area contributed by atoms with Crippen molar-refractivity contribution < 1.29 is 4.74 Å². The molecule has 78 valence electrons. The Morgan fingerprint density at radius 1 is 1.43 bits per heavy atom. The van der Waals surface area contributed by atoms with Crippen LogP contribution in [0.15, 0.2) is 12.1 Å². The van der Waals surface area contributed by atoms with Crippen LogP contribution < -0.4 is 10.1 Å². The number of pyridine rings is 1. The summed E-state index contributed by atoms with van der Waals surface area (Å²) in [5, 5.41) is 3.35. The van der Waals surface area contributed by atoms with E-state index in [0.717, 1.165) is 17.9 Å². The SMILES string of the molecule is COc1ccc(NCC(C)C)c(C)n1. The van der Waals surface area contributed by atoms with Gasteiger partial charge in [-0.1, -0.05) is 13.8 Å². The van der Waals surface area contributed by atoms with Gasteiger partial charge in [-0.3, -0.25) is 0 Å². The molecule has 0 amide bonds. The minimum Gasteiger partial charge on any atom is -0.481 e. The Kier molecular flexibility index (Phi) is 3.74. The van der Waals surface area contributed by atoms with Crippen molar-refractivity contribution in [3.63, 3.8) is 0 Å². The van der Waals surface area contributed by atoms with Crippen molar-refractivity contribution in [3.05, 3.63) is 17.8 Å². The predicted molar refractivity (Wildman–Crippen MR) is 58.9 cm³/mol. The summed E-state index contributed by atoms with van der Waals surface area (Å²) in [7, 11) is 1.63. The number of aryl methyl sites for hydroxylation is 1. The van der Waals surface area contributed by atoms with Gasteiger partial charge in [0.05, 0.1) is 18.5 Å². The van der Waals surface area contributed by atoms with Crippen LogP contribution >= 0.6 is 0 Å². The van der Waals surface area contributed by atoms with Gasteiger partial charge in [0, 0.05) is 12.6 Å². The number of hydrogen-bond donors (Lipinski definition) is 1. The summed E-state index contributed by atoms with van der Waals surface area (Å²) in [5.41, 5.74) is 2.06. The molecule has 1 aromatic rings. The number of ether oxygens (including phenoxy) is 1. The average Bonchev–Trinajstić information content (AvgIpc) is 2.15. The molecule has 0 aliphatic heterocycles. The molecule has 0 spiro atoms. The zero-order valence-electron chi connectivity index (χ0n) is 9.29. The molecule has 3 nitrogen and oxygen atoms in total. The van der Waals surface area contributed by atoms with Crippen molar-refractivity contribution in [2.24, 2.45) is 5.92 Å². The summed E-state index contributed by atoms with van der Waals surface area (Å²) in [6.45, 7) is 7.30. The van der Waals surface area contributed by atoms with Crippen molar-refractivity contribution in [1.29, 1.82) is 0 Å². The third kappa shape index (κ3) is 2.91. The Labute approximate surface area is 85.5 Å². The van der Waals surface area contributed by atoms with Crippen LogP contribution in [-0.2, 0) is 0 Å². The lowest BCUT2D eigenvalue weighted by Crippen LogP contribution is -2.09. The fraction of sp³-hybridized carbons (Fsp3) is 0.545. The molecule has 1 N–H and O–H groups in total. The fourth-order valence-electron chi connectivity index (χ4n) is 1.15. The first-order chi connectivity index (χ1) is 6.63. The second kappa shape index (κ2) is 4.84. The molecule has 0 fully saturated rings. The number of anilines is 1. The summed E-state index contributed by atoms with van der Waals surface area (Å²) in [5.74, 6) is 1.30. The molecule has 3 heteroatoms. The van der Waals surface area contributed by atoms with Crippen molar-refractivity contribution in [3.8, 4) is 5.88 Å². The van der Waals surface area contributed by atoms with E-state index in [1.54, 1.807) is 7.11 Å². The minimum atomic E-state index is 0.636. The van der Waals surface area contributed by atoms with Crippen LogP contribution in [0.25, 0.3) is 0 Å². The summed E-state index contributed by atoms with van der Waals surface area (Å²) in [6.07, 6.45) is 0. The van der Waals surface area contributed by atoms with E-state index in [0.29, 0.717) is 11.8 Å². The maximum atomic E-state index is 5.04. The lowest BCUT2D eigenvalue weighted by Gasteiger charge is -2.11. The molecule has 1 heterocycles. The zero-order chi connectivity index (χ0) is 10.6. The van der Waals surface area contributed by atoms with E-state index >= 15 is 0 Å². The molecule has 0 aliphatic carbocycles. The van der Waals surface area contributed by atoms with E-state index in [1.807, 2.05) is 19.1 Å². The standard InChI is InChI=1S/C11H18N2O/c1-8(2)7-12-10-5-6-11(14-4)13-9(10)3/h5-6,8,12H,7H2,1-4H3. The third-order valence-electron chi connectivity index (χ3n) is 1.97. The van der Waals surface area contributed by atoms with Gasteiger partial charge in [-0.25, -0.2) is 4.98 Å². The fourth-order valence-corrected chi connectivity index (χ4v) is 1.15. The van der Waals surface area contributed by atoms with Crippen LogP contribution in [0.5, 0.6) is 5.88 Å². The summed E-state index contributed by atoms with van der Waals surface area (Å²) in [4.78, 5) is 4.28. The summed E-state index contributed by atoms with van der Waals surface area (Å²) >= 11 is 0. The largest absolute Gasteiger partial charge is 0.481 e. The first-order valence-corrected chi connectivity index (χ1v) is 4.89. The number of rotatable bonds is 4. The monoisotopic (exact) mass is 194 g/mol. The smallest absolute Gasteiger partial charge is 0.213 e. The topological polar surface area (TPSA) is 34.1 Å². The van der Waals surface area contributed by atoms with E-state index in [9.17, 15) is 0 Å². The van der Waals surface area contributed by atoms with Crippen LogP contribution in [0, 0.1) is 12.8 Å². The maximum Gasteiger partial charge on any atom is 0.213 e. The van der Waals surface area contributed by atoms with Gasteiger partial charge in [0.2, 0.25) is 5.88 Å². The quantitative estimate of drug-likeness (QED) is 0.799. The molecule has 14 heavy (non-hydrogen) atoms. The van der Waals surface area contributed by atoms with Crippen molar-refractivity contribution in [2.45, 2.75) is 20.8 Å². The molecule has 0 aliphatic rings. The zero-order valence-corrected chi connectivity index (χ0v) is 9.29. The molecule has 0 unspecified atom stereocenters. The Bertz CT molecular complexity index is 297. The average molecular weight is 194 g/mol. The van der Waals surface area contributed by atoms with Gasteiger partial charge in [0.25, 0.3) is 0 Å². The van der Waals surface area contributed by atoms with Crippen LogP contribution in [-0.4, -0.2) is 18.6 Å². The summed E-state index contributed by atoms with van der Waals surface area (Å²) in [6, 6.07) is 3.87. The molecule has 0 aromatic carbocycles. The molecular weight excluding hydrogens is 176 g/mol. The first-order valence-electron chi connectivity index (χ1n) is 4.89. The Morgan fingerprint density at radius 2 is 2.14 bits per heavy atom. The van der Waals surface area contributed by atoms with Gasteiger partial charge < -0.3 is 10.1 Å². The lowest BCUT2D eigenvalue weighted by atomic mass is 10.2. The van der Waals surface area contributed by atoms with Gasteiger partial charge in [0.15, 0.2) is 0 Å². The van der Waals surface area contributed by atoms with E-state index in [-0.39, 0.29) is 0 Å². The molecule has 0 saturated heterocycles. The molecule has 1 aromatic heterocycles. The van der Waals surface area contributed by atoms with Crippen LogP contribution in [0.3, 0.4) is 0 Å². The van der Waals surface area contributed by atoms with Crippen molar-refractivity contribution >= 4 is 5.69 Å². The van der Waals surface area contributed by atoms with Crippen molar-refractivity contribution in [1.82, 2.24) is 4.98 Å². The lowest BCUT2D eigenvalue weighted by molar-refractivity contribution is 0.397. The highest BCUT2D eigenvalue weighted by atomic mass is 16.5. The van der Waals surface area contributed by atoms with Crippen LogP contribution in [0.2, 0.25) is 0 Å². The third-order valence-corrected chi connectivity index (χ3v) is 1.97. The highest BCUT2D eigenvalue weighted by molar-refractivity contribution is 5.48. The number of methoxy groups -OCH3 is 1. The Morgan fingerprint density at radius 3 is 2.64 bits per heavy atom. The van der Waals surface area contributed by atoms with Gasteiger partial charge in [0.1, 0.15) is 0 Å². The normalized spacial score (nSPS) is 10.4. The van der Waals surface area contributed by atoms with Gasteiger partial charge in [-0.2, -0.15) is 0 Å². The van der Waals surface area contributed by atoms with Gasteiger partial charge in [-0.05, 0) is 18.9 Å². The van der Waals surface area contributed by atoms with E-state index in [4.69, 9.17) is 4.74 Å². The number of nitrogens with zero attached hydrogens (tertiary/aromatic N) is 1. The van der Waals surface area contributed by atoms with Crippen LogP contribution in [0.4, 0.5) is 5.69 Å². The summed E-state index contributed by atoms with van der Waals surface area (Å²) < 4.78 is 5.04. The highest BCUT2D eigenvalue weighted by Crippen LogP contribution is 2.16. The second-order valence-corrected chi connectivity index (χ2v) is 3.76. The number of hydrogen-bond acceptors (Lipinski definition) is 3. The first kappa shape index (κ1) is 10.8. The van der Waals surface area contributed by atoms with E-state index < -0.39 is 0 Å². The Hall–Kier alpha value is -1.25. The predicted octanol–water partition coefficient (Wildman–Crippen LogP) is 2.47. The van der Waals surface area contributed by atoms with Gasteiger partial charge >= 0.3 is 0 Å². The number of aromatic nitrogens is 1. The van der Waals surface area contributed by atoms with Gasteiger partial charge in [-0.15, -0.1) is 0 Å². The minimum absolute atomic E-state index is 0.636. The second-order valence-electron chi connectivity index (χ2n) is 3.76. The molecule has 1 rings (SSSR count). The molecular formula is C11H18N2O. The molecule has 0 saturated carbocycles. The van der Waals surface area contributed by atoms with E-state index in [1.165, 1.54) is 0 Å². The maximum absolute atomic E-state index is 5.04. The Balaban J connectivity index is 2.69. The molecule has 0 atom stereocenters. The van der Waals surface area contributed by atoms with Crippen molar-refractivity contribution in [2.75, 3.05) is 19.0 Å². The van der Waals surface area contributed by atoms with Crippen LogP contribution in [0.1, 0.15) is 19.5 Å². The molecule has 0 bridgehead atoms. The van der Waals surface area contributed by atoms with E-state index in [2.05, 4.69) is 24.1 Å². The highest BCUT2D eigenvalue weighted by Gasteiger charge is 2.01.